The van der Waals surface area contributed by atoms with Crippen molar-refractivity contribution in [2.24, 2.45) is 0 Å². The van der Waals surface area contributed by atoms with Crippen molar-refractivity contribution in [2.75, 3.05) is 0 Å². The Bertz CT molecular complexity index is 617. The lowest BCUT2D eigenvalue weighted by Crippen LogP contribution is -2.80. The van der Waals surface area contributed by atoms with Crippen molar-refractivity contribution in [1.29, 1.82) is 0 Å². The van der Waals surface area contributed by atoms with Crippen LogP contribution in [-0.4, -0.2) is 93.7 Å². The minimum Gasteiger partial charge on any atom is -0.481 e. The molecule has 0 heterocycles. The fourth-order valence-electron chi connectivity index (χ4n) is 2.62. The number of carboxylic acids is 1. The molecule has 0 aromatic heterocycles. The minimum atomic E-state index is -3.22. The van der Waals surface area contributed by atoms with Gasteiger partial charge in [0.15, 0.2) is 29.1 Å². The van der Waals surface area contributed by atoms with Gasteiger partial charge in [-0.3, -0.25) is 19.2 Å². The van der Waals surface area contributed by atoms with E-state index in [1.807, 2.05) is 0 Å². The van der Waals surface area contributed by atoms with Gasteiger partial charge < -0.3 is 35.7 Å². The Morgan fingerprint density at radius 1 is 0.679 bits per heavy atom. The molecule has 0 aliphatic heterocycles. The van der Waals surface area contributed by atoms with Crippen LogP contribution in [0.1, 0.15) is 48.5 Å². The average molecular weight is 410 g/mol. The Morgan fingerprint density at radius 2 is 0.964 bits per heavy atom. The van der Waals surface area contributed by atoms with Crippen molar-refractivity contribution in [1.82, 2.24) is 0 Å². The van der Waals surface area contributed by atoms with Crippen molar-refractivity contribution < 1.29 is 54.9 Å². The van der Waals surface area contributed by atoms with Gasteiger partial charge in [-0.05, 0) is 41.5 Å². The number of carbonyl (C=O) groups is 4. The Kier molecular flexibility index (Phi) is 9.31. The van der Waals surface area contributed by atoms with Crippen LogP contribution in [0.5, 0.6) is 0 Å². The van der Waals surface area contributed by atoms with Crippen LogP contribution in [0.2, 0.25) is 0 Å². The number of hydrogen-bond acceptors (Lipinski definition) is 10. The topological polar surface area (TPSA) is 210 Å². The highest BCUT2D eigenvalue weighted by atomic mass is 16.4. The smallest absolute Gasteiger partial charge is 0.300 e. The summed E-state index contributed by atoms with van der Waals surface area (Å²) >= 11 is 0. The molecule has 7 N–H and O–H groups in total. The summed E-state index contributed by atoms with van der Waals surface area (Å²) in [5.41, 5.74) is -11.9. The van der Waals surface area contributed by atoms with Gasteiger partial charge in [-0.15, -0.1) is 0 Å². The number of carboxylic acid groups (broad SMARTS) is 1. The molecular formula is C17H30O11. The molecule has 2 unspecified atom stereocenters. The van der Waals surface area contributed by atoms with Crippen molar-refractivity contribution in [3.8, 4) is 0 Å². The molecule has 0 rings (SSSR count). The van der Waals surface area contributed by atoms with Gasteiger partial charge >= 0.3 is 0 Å². The van der Waals surface area contributed by atoms with Crippen LogP contribution >= 0.6 is 0 Å². The van der Waals surface area contributed by atoms with Crippen LogP contribution in [0.4, 0.5) is 0 Å². The molecule has 6 atom stereocenters. The Labute approximate surface area is 162 Å². The maximum absolute atomic E-state index is 11.9. The predicted molar refractivity (Wildman–Crippen MR) is 94.2 cm³/mol. The normalized spacial score (nSPS) is 21.9. The lowest BCUT2D eigenvalue weighted by Gasteiger charge is -2.54. The fraction of sp³-hybridized carbons (Fsp3) is 0.765. The van der Waals surface area contributed by atoms with E-state index in [0.29, 0.717) is 6.92 Å². The zero-order valence-corrected chi connectivity index (χ0v) is 16.9. The van der Waals surface area contributed by atoms with Crippen molar-refractivity contribution in [3.05, 3.63) is 0 Å². The number of aliphatic hydroxyl groups is 6. The van der Waals surface area contributed by atoms with Crippen molar-refractivity contribution >= 4 is 23.3 Å². The molecule has 28 heavy (non-hydrogen) atoms. The summed E-state index contributed by atoms with van der Waals surface area (Å²) in [6.45, 7) is 5.83. The van der Waals surface area contributed by atoms with E-state index in [9.17, 15) is 45.0 Å². The second kappa shape index (κ2) is 9.16. The molecule has 0 bridgehead atoms. The Morgan fingerprint density at radius 3 is 1.18 bits per heavy atom. The highest BCUT2D eigenvalue weighted by molar-refractivity contribution is 5.95. The number of rotatable bonds is 8. The van der Waals surface area contributed by atoms with E-state index in [0.717, 1.165) is 41.5 Å². The maximum atomic E-state index is 11.9. The van der Waals surface area contributed by atoms with Gasteiger partial charge in [-0.1, -0.05) is 0 Å². The van der Waals surface area contributed by atoms with Gasteiger partial charge in [0.25, 0.3) is 5.97 Å². The quantitative estimate of drug-likeness (QED) is 0.223. The maximum Gasteiger partial charge on any atom is 0.300 e. The number of ketones is 3. The van der Waals surface area contributed by atoms with E-state index in [4.69, 9.17) is 9.90 Å². The molecule has 0 spiro atoms. The summed E-state index contributed by atoms with van der Waals surface area (Å²) in [6.07, 6.45) is -4.62. The third-order valence-electron chi connectivity index (χ3n) is 4.91. The van der Waals surface area contributed by atoms with E-state index < -0.39 is 57.9 Å². The highest BCUT2D eigenvalue weighted by Crippen LogP contribution is 2.43. The summed E-state index contributed by atoms with van der Waals surface area (Å²) in [6, 6.07) is 0. The molecule has 0 fully saturated rings. The molecule has 0 saturated carbocycles. The van der Waals surface area contributed by atoms with Gasteiger partial charge in [0.2, 0.25) is 0 Å². The fourth-order valence-corrected chi connectivity index (χ4v) is 2.62. The predicted octanol–water partition coefficient (Wildman–Crippen LogP) is -2.45. The number of Topliss-reactive ketones (excluding diaryl/α,β-unsaturated/α-hetero) is 3. The summed E-state index contributed by atoms with van der Waals surface area (Å²) in [4.78, 5) is 43.7. The Balaban J connectivity index is 0. The zero-order valence-electron chi connectivity index (χ0n) is 16.9. The molecule has 0 radical (unpaired) electrons. The SMILES string of the molecule is CC(=O)C(O)[C@](C)(O)[C@@](C)(O)[C@](C)(O)[C@@](O)(C(C)=O)C(O)C(C)=O.CC(=O)O. The number of hydrogen-bond donors (Lipinski definition) is 7. The molecule has 0 aromatic carbocycles. The molecule has 0 amide bonds. The van der Waals surface area contributed by atoms with E-state index in [-0.39, 0.29) is 0 Å². The van der Waals surface area contributed by atoms with Gasteiger partial charge in [-0.25, -0.2) is 0 Å². The standard InChI is InChI=1S/C15H26O9.C2H4O2/c1-7(16)10(19)12(4,21)13(5,22)14(6,23)15(24,9(3)18)11(20)8(2)17;1-2(3)4/h10-11,19-24H,1-6H3;1H3,(H,3,4)/t10?,11?,12-,13+,14-,15+;/m0./s1. The molecule has 0 aromatic rings. The van der Waals surface area contributed by atoms with E-state index in [1.54, 1.807) is 0 Å². The van der Waals surface area contributed by atoms with Gasteiger partial charge in [0.1, 0.15) is 22.9 Å². The zero-order chi connectivity index (χ0) is 23.5. The largest absolute Gasteiger partial charge is 0.481 e. The van der Waals surface area contributed by atoms with Crippen LogP contribution in [0.15, 0.2) is 0 Å². The van der Waals surface area contributed by atoms with Crippen molar-refractivity contribution in [2.45, 2.75) is 83.1 Å². The second-order valence-corrected chi connectivity index (χ2v) is 7.16. The molecular weight excluding hydrogens is 380 g/mol. The monoisotopic (exact) mass is 410 g/mol. The molecule has 0 aliphatic carbocycles. The number of carbonyl (C=O) groups excluding carboxylic acids is 3. The average Bonchev–Trinajstić information content (AvgIpc) is 2.50. The first-order valence-electron chi connectivity index (χ1n) is 8.11. The third kappa shape index (κ3) is 4.99. The van der Waals surface area contributed by atoms with Gasteiger partial charge in [-0.2, -0.15) is 0 Å². The lowest BCUT2D eigenvalue weighted by molar-refractivity contribution is -0.300. The van der Waals surface area contributed by atoms with Crippen LogP contribution < -0.4 is 0 Å². The minimum absolute atomic E-state index is 0.696. The van der Waals surface area contributed by atoms with Gasteiger partial charge in [0, 0.05) is 6.92 Å². The molecule has 164 valence electrons. The lowest BCUT2D eigenvalue weighted by atomic mass is 9.61. The van der Waals surface area contributed by atoms with Gasteiger partial charge in [0.05, 0.1) is 0 Å². The summed E-state index contributed by atoms with van der Waals surface area (Å²) in [5, 5.41) is 69.5. The molecule has 0 saturated heterocycles. The number of aliphatic carboxylic acids is 1. The molecule has 11 nitrogen and oxygen atoms in total. The highest BCUT2D eigenvalue weighted by Gasteiger charge is 2.69. The summed E-state index contributed by atoms with van der Waals surface area (Å²) in [7, 11) is 0. The van der Waals surface area contributed by atoms with E-state index in [2.05, 4.69) is 0 Å². The first kappa shape index (κ1) is 28.4. The van der Waals surface area contributed by atoms with E-state index >= 15 is 0 Å². The second-order valence-electron chi connectivity index (χ2n) is 7.16. The first-order chi connectivity index (χ1) is 12.1. The molecule has 11 heteroatoms. The first-order valence-corrected chi connectivity index (χ1v) is 8.11. The summed E-state index contributed by atoms with van der Waals surface area (Å²) in [5.74, 6) is -4.16. The van der Waals surface area contributed by atoms with Crippen LogP contribution in [0, 0.1) is 0 Å². The Hall–Kier alpha value is -1.76. The molecule has 0 aliphatic rings. The van der Waals surface area contributed by atoms with Crippen LogP contribution in [0.3, 0.4) is 0 Å². The van der Waals surface area contributed by atoms with Crippen LogP contribution in [0.25, 0.3) is 0 Å². The summed E-state index contributed by atoms with van der Waals surface area (Å²) < 4.78 is 0. The number of aliphatic hydroxyl groups excluding tert-OH is 2. The van der Waals surface area contributed by atoms with E-state index in [1.165, 1.54) is 0 Å². The van der Waals surface area contributed by atoms with Crippen LogP contribution in [-0.2, 0) is 19.2 Å². The van der Waals surface area contributed by atoms with Crippen molar-refractivity contribution in [3.63, 3.8) is 0 Å². The third-order valence-corrected chi connectivity index (χ3v) is 4.91.